The molecule has 2 heterocycles. The summed E-state index contributed by atoms with van der Waals surface area (Å²) < 4.78 is 11.7. The van der Waals surface area contributed by atoms with Crippen molar-refractivity contribution in [1.29, 1.82) is 0 Å². The standard InChI is InChI=1S/C19H20N2O5S/c1-4-25-18(23)16-11(2)12(3)27-17(16)20-15(22)9-10-21-13-7-5-6-8-14(13)26-19(21)24/h5-8H,4,9-10H2,1-3H3,(H,20,22). The summed E-state index contributed by atoms with van der Waals surface area (Å²) in [6.07, 6.45) is 0.0711. The highest BCUT2D eigenvalue weighted by Crippen LogP contribution is 2.33. The lowest BCUT2D eigenvalue weighted by molar-refractivity contribution is -0.116. The van der Waals surface area contributed by atoms with Crippen molar-refractivity contribution in [3.8, 4) is 0 Å². The molecule has 3 rings (SSSR count). The Morgan fingerprint density at radius 2 is 2.00 bits per heavy atom. The first-order chi connectivity index (χ1) is 12.9. The molecule has 0 radical (unpaired) electrons. The van der Waals surface area contributed by atoms with Crippen LogP contribution in [0.25, 0.3) is 11.1 Å². The van der Waals surface area contributed by atoms with Crippen LogP contribution in [0.5, 0.6) is 0 Å². The Morgan fingerprint density at radius 3 is 2.74 bits per heavy atom. The van der Waals surface area contributed by atoms with Gasteiger partial charge in [0.25, 0.3) is 0 Å². The summed E-state index contributed by atoms with van der Waals surface area (Å²) in [5.74, 6) is -1.25. The van der Waals surface area contributed by atoms with E-state index >= 15 is 0 Å². The highest BCUT2D eigenvalue weighted by atomic mass is 32.1. The number of aryl methyl sites for hydroxylation is 2. The smallest absolute Gasteiger partial charge is 0.419 e. The molecule has 0 atom stereocenters. The molecule has 0 saturated carbocycles. The molecule has 0 saturated heterocycles. The van der Waals surface area contributed by atoms with E-state index in [4.69, 9.17) is 9.15 Å². The number of nitrogens with one attached hydrogen (secondary N) is 1. The first-order valence-corrected chi connectivity index (χ1v) is 9.39. The molecule has 8 heteroatoms. The number of amides is 1. The van der Waals surface area contributed by atoms with Crippen molar-refractivity contribution < 1.29 is 18.7 Å². The van der Waals surface area contributed by atoms with Gasteiger partial charge in [0.05, 0.1) is 17.7 Å². The summed E-state index contributed by atoms with van der Waals surface area (Å²) >= 11 is 1.33. The van der Waals surface area contributed by atoms with Crippen molar-refractivity contribution in [3.63, 3.8) is 0 Å². The van der Waals surface area contributed by atoms with E-state index in [1.54, 1.807) is 31.2 Å². The molecule has 0 unspecified atom stereocenters. The van der Waals surface area contributed by atoms with E-state index in [2.05, 4.69) is 5.32 Å². The monoisotopic (exact) mass is 388 g/mol. The van der Waals surface area contributed by atoms with Gasteiger partial charge in [-0.3, -0.25) is 9.36 Å². The first kappa shape index (κ1) is 18.9. The summed E-state index contributed by atoms with van der Waals surface area (Å²) in [4.78, 5) is 37.5. The van der Waals surface area contributed by atoms with Gasteiger partial charge >= 0.3 is 11.7 Å². The quantitative estimate of drug-likeness (QED) is 0.653. The minimum absolute atomic E-state index is 0.0711. The van der Waals surface area contributed by atoms with E-state index < -0.39 is 11.7 Å². The summed E-state index contributed by atoms with van der Waals surface area (Å²) in [7, 11) is 0. The molecule has 1 N–H and O–H groups in total. The van der Waals surface area contributed by atoms with Gasteiger partial charge in [0.15, 0.2) is 5.58 Å². The van der Waals surface area contributed by atoms with Gasteiger partial charge < -0.3 is 14.5 Å². The zero-order valence-electron chi connectivity index (χ0n) is 15.3. The van der Waals surface area contributed by atoms with E-state index in [1.165, 1.54) is 15.9 Å². The molecule has 0 spiro atoms. The molecule has 3 aromatic rings. The van der Waals surface area contributed by atoms with Crippen LogP contribution in [0, 0.1) is 13.8 Å². The number of ether oxygens (including phenoxy) is 1. The fourth-order valence-corrected chi connectivity index (χ4v) is 3.86. The highest BCUT2D eigenvalue weighted by molar-refractivity contribution is 7.16. The Labute approximate surface area is 159 Å². The van der Waals surface area contributed by atoms with Gasteiger partial charge in [-0.15, -0.1) is 11.3 Å². The predicted octanol–water partition coefficient (Wildman–Crippen LogP) is 3.48. The Bertz CT molecular complexity index is 1060. The molecular weight excluding hydrogens is 368 g/mol. The highest BCUT2D eigenvalue weighted by Gasteiger charge is 2.22. The second-order valence-corrected chi connectivity index (χ2v) is 7.22. The van der Waals surface area contributed by atoms with Crippen molar-refractivity contribution in [1.82, 2.24) is 4.57 Å². The topological polar surface area (TPSA) is 90.5 Å². The van der Waals surface area contributed by atoms with Gasteiger partial charge in [-0.2, -0.15) is 0 Å². The average molecular weight is 388 g/mol. The second-order valence-electron chi connectivity index (χ2n) is 5.99. The van der Waals surface area contributed by atoms with E-state index in [1.807, 2.05) is 13.8 Å². The van der Waals surface area contributed by atoms with Crippen molar-refractivity contribution in [2.24, 2.45) is 0 Å². The number of para-hydroxylation sites is 2. The summed E-state index contributed by atoms with van der Waals surface area (Å²) in [6.45, 7) is 5.88. The van der Waals surface area contributed by atoms with Crippen molar-refractivity contribution in [2.45, 2.75) is 33.7 Å². The number of benzene rings is 1. The third kappa shape index (κ3) is 3.80. The van der Waals surface area contributed by atoms with Gasteiger partial charge in [-0.25, -0.2) is 9.59 Å². The third-order valence-corrected chi connectivity index (χ3v) is 5.38. The van der Waals surface area contributed by atoms with Gasteiger partial charge in [-0.05, 0) is 38.5 Å². The lowest BCUT2D eigenvalue weighted by atomic mass is 10.1. The Hall–Kier alpha value is -2.87. The number of esters is 1. The first-order valence-electron chi connectivity index (χ1n) is 8.57. The maximum Gasteiger partial charge on any atom is 0.419 e. The molecule has 0 aliphatic heterocycles. The largest absolute Gasteiger partial charge is 0.462 e. The zero-order valence-corrected chi connectivity index (χ0v) is 16.1. The molecule has 27 heavy (non-hydrogen) atoms. The number of anilines is 1. The van der Waals surface area contributed by atoms with Crippen LogP contribution in [0.15, 0.2) is 33.5 Å². The Kier molecular flexibility index (Phi) is 5.46. The fourth-order valence-electron chi connectivity index (χ4n) is 2.79. The van der Waals surface area contributed by atoms with Crippen LogP contribution in [-0.4, -0.2) is 23.1 Å². The van der Waals surface area contributed by atoms with Crippen LogP contribution in [0.3, 0.4) is 0 Å². The maximum atomic E-state index is 12.4. The van der Waals surface area contributed by atoms with Crippen LogP contribution in [0.1, 0.15) is 34.1 Å². The second kappa shape index (κ2) is 7.79. The van der Waals surface area contributed by atoms with E-state index in [9.17, 15) is 14.4 Å². The lowest BCUT2D eigenvalue weighted by Crippen LogP contribution is -2.20. The van der Waals surface area contributed by atoms with Gasteiger partial charge in [0, 0.05) is 17.8 Å². The van der Waals surface area contributed by atoms with Crippen LogP contribution < -0.4 is 11.1 Å². The van der Waals surface area contributed by atoms with Crippen LogP contribution >= 0.6 is 11.3 Å². The van der Waals surface area contributed by atoms with Crippen LogP contribution in [0.4, 0.5) is 5.00 Å². The Morgan fingerprint density at radius 1 is 1.26 bits per heavy atom. The van der Waals surface area contributed by atoms with Crippen molar-refractivity contribution in [3.05, 3.63) is 50.8 Å². The normalized spacial score (nSPS) is 10.9. The van der Waals surface area contributed by atoms with Gasteiger partial charge in [-0.1, -0.05) is 12.1 Å². The van der Waals surface area contributed by atoms with E-state index in [0.717, 1.165) is 10.4 Å². The third-order valence-electron chi connectivity index (χ3n) is 4.25. The summed E-state index contributed by atoms with van der Waals surface area (Å²) in [5, 5.41) is 3.24. The number of nitrogens with zero attached hydrogens (tertiary/aromatic N) is 1. The predicted molar refractivity (Wildman–Crippen MR) is 103 cm³/mol. The molecule has 0 bridgehead atoms. The molecule has 0 aliphatic carbocycles. The summed E-state index contributed by atoms with van der Waals surface area (Å²) in [5.41, 5.74) is 2.31. The molecular formula is C19H20N2O5S. The summed E-state index contributed by atoms with van der Waals surface area (Å²) in [6, 6.07) is 7.05. The molecule has 2 aromatic heterocycles. The van der Waals surface area contributed by atoms with E-state index in [-0.39, 0.29) is 25.5 Å². The number of aromatic nitrogens is 1. The fraction of sp³-hybridized carbons (Fsp3) is 0.316. The number of fused-ring (bicyclic) bond motifs is 1. The minimum Gasteiger partial charge on any atom is -0.462 e. The minimum atomic E-state index is -0.501. The molecule has 0 aliphatic rings. The number of thiophene rings is 1. The van der Waals surface area contributed by atoms with Crippen molar-refractivity contribution in [2.75, 3.05) is 11.9 Å². The molecule has 0 fully saturated rings. The molecule has 7 nitrogen and oxygen atoms in total. The Balaban J connectivity index is 1.75. The number of rotatable bonds is 6. The van der Waals surface area contributed by atoms with Crippen LogP contribution in [-0.2, 0) is 16.1 Å². The number of hydrogen-bond donors (Lipinski definition) is 1. The SMILES string of the molecule is CCOC(=O)c1c(NC(=O)CCn2c(=O)oc3ccccc32)sc(C)c1C. The zero-order chi connectivity index (χ0) is 19.6. The van der Waals surface area contributed by atoms with Crippen LogP contribution in [0.2, 0.25) is 0 Å². The maximum absolute atomic E-state index is 12.4. The average Bonchev–Trinajstić information content (AvgIpc) is 3.09. The number of hydrogen-bond acceptors (Lipinski definition) is 6. The lowest BCUT2D eigenvalue weighted by Gasteiger charge is -2.07. The molecule has 1 aromatic carbocycles. The number of oxazole rings is 1. The van der Waals surface area contributed by atoms with Gasteiger partial charge in [0.1, 0.15) is 5.00 Å². The van der Waals surface area contributed by atoms with Crippen molar-refractivity contribution >= 4 is 39.3 Å². The van der Waals surface area contributed by atoms with E-state index in [0.29, 0.717) is 21.7 Å². The van der Waals surface area contributed by atoms with Gasteiger partial charge in [0.2, 0.25) is 5.91 Å². The number of carbonyl (C=O) groups is 2. The molecule has 1 amide bonds. The molecule has 142 valence electrons. The number of carbonyl (C=O) groups excluding carboxylic acids is 2.